The molecule has 1 amide bonds. The van der Waals surface area contributed by atoms with E-state index in [1.807, 2.05) is 25.2 Å². The number of benzene rings is 1. The highest BCUT2D eigenvalue weighted by atomic mass is 32.1. The summed E-state index contributed by atoms with van der Waals surface area (Å²) in [4.78, 5) is 20.6. The van der Waals surface area contributed by atoms with Crippen molar-refractivity contribution in [3.8, 4) is 6.07 Å². The van der Waals surface area contributed by atoms with E-state index in [1.54, 1.807) is 18.0 Å². The number of aromatic nitrogens is 1. The van der Waals surface area contributed by atoms with Gasteiger partial charge in [0.05, 0.1) is 5.69 Å². The highest BCUT2D eigenvalue weighted by Gasteiger charge is 2.20. The monoisotopic (exact) mass is 381 g/mol. The third kappa shape index (κ3) is 4.29. The first kappa shape index (κ1) is 18.9. The Morgan fingerprint density at radius 3 is 2.63 bits per heavy atom. The second-order valence-electron chi connectivity index (χ2n) is 6.70. The first-order chi connectivity index (χ1) is 13.0. The van der Waals surface area contributed by atoms with E-state index in [4.69, 9.17) is 12.2 Å². The number of piperazine rings is 1. The summed E-state index contributed by atoms with van der Waals surface area (Å²) in [6, 6.07) is 12.5. The zero-order valence-electron chi connectivity index (χ0n) is 15.6. The minimum atomic E-state index is 0.0588. The number of aromatic amines is 1. The molecule has 0 aliphatic carbocycles. The fourth-order valence-electron chi connectivity index (χ4n) is 3.28. The molecule has 1 aromatic heterocycles. The maximum absolute atomic E-state index is 11.5. The lowest BCUT2D eigenvalue weighted by atomic mass is 10.1. The highest BCUT2D eigenvalue weighted by Crippen LogP contribution is 2.24. The van der Waals surface area contributed by atoms with Crippen LogP contribution in [0.2, 0.25) is 0 Å². The van der Waals surface area contributed by atoms with E-state index in [9.17, 15) is 10.1 Å². The van der Waals surface area contributed by atoms with Crippen molar-refractivity contribution in [3.63, 3.8) is 0 Å². The normalized spacial score (nSPS) is 14.0. The quantitative estimate of drug-likeness (QED) is 0.825. The summed E-state index contributed by atoms with van der Waals surface area (Å²) in [6.45, 7) is 5.56. The van der Waals surface area contributed by atoms with Gasteiger partial charge in [0.25, 0.3) is 0 Å². The van der Waals surface area contributed by atoms with Gasteiger partial charge < -0.3 is 19.7 Å². The van der Waals surface area contributed by atoms with E-state index in [1.165, 1.54) is 0 Å². The number of rotatable bonds is 4. The summed E-state index contributed by atoms with van der Waals surface area (Å²) in [5, 5.41) is 9.40. The second kappa shape index (κ2) is 8.23. The molecule has 0 spiro atoms. The van der Waals surface area contributed by atoms with Gasteiger partial charge in [-0.05, 0) is 23.8 Å². The number of pyridine rings is 1. The molecule has 27 heavy (non-hydrogen) atoms. The van der Waals surface area contributed by atoms with Crippen molar-refractivity contribution in [1.29, 1.82) is 5.26 Å². The smallest absolute Gasteiger partial charge is 0.219 e. The van der Waals surface area contributed by atoms with Crippen LogP contribution in [-0.4, -0.2) is 49.0 Å². The number of anilines is 2. The number of H-pyrrole nitrogens is 1. The lowest BCUT2D eigenvalue weighted by Crippen LogP contribution is -2.46. The van der Waals surface area contributed by atoms with Crippen molar-refractivity contribution < 1.29 is 4.79 Å². The van der Waals surface area contributed by atoms with Crippen molar-refractivity contribution in [2.45, 2.75) is 13.5 Å². The number of carbonyl (C=O) groups excluding carboxylic acids is 1. The molecule has 1 aliphatic heterocycles. The Morgan fingerprint density at radius 2 is 1.96 bits per heavy atom. The van der Waals surface area contributed by atoms with E-state index in [-0.39, 0.29) is 5.91 Å². The van der Waals surface area contributed by atoms with Gasteiger partial charge in [-0.3, -0.25) is 4.79 Å². The van der Waals surface area contributed by atoms with E-state index < -0.39 is 0 Å². The van der Waals surface area contributed by atoms with Gasteiger partial charge in [0.1, 0.15) is 16.3 Å². The molecule has 1 fully saturated rings. The third-order valence-corrected chi connectivity index (χ3v) is 5.23. The van der Waals surface area contributed by atoms with Gasteiger partial charge >= 0.3 is 0 Å². The van der Waals surface area contributed by atoms with Crippen LogP contribution in [0.15, 0.2) is 36.5 Å². The predicted molar refractivity (Wildman–Crippen MR) is 109 cm³/mol. The Balaban J connectivity index is 1.70. The van der Waals surface area contributed by atoms with Crippen molar-refractivity contribution in [2.75, 3.05) is 43.0 Å². The topological polar surface area (TPSA) is 66.4 Å². The number of amides is 1. The maximum Gasteiger partial charge on any atom is 0.219 e. The summed E-state index contributed by atoms with van der Waals surface area (Å²) < 4.78 is 0.486. The standard InChI is InChI=1S/C20H23N5OS/c1-15(26)23(2)14-16-4-3-5-17(12-16)24-8-10-25(11-9-24)19-6-7-22-20(27)18(19)13-21/h3-7,12H,8-11,14H2,1-2H3,(H,22,27). The first-order valence-corrected chi connectivity index (χ1v) is 9.32. The lowest BCUT2D eigenvalue weighted by Gasteiger charge is -2.37. The summed E-state index contributed by atoms with van der Waals surface area (Å²) in [6.07, 6.45) is 1.79. The predicted octanol–water partition coefficient (Wildman–Crippen LogP) is 2.92. The second-order valence-corrected chi connectivity index (χ2v) is 7.11. The largest absolute Gasteiger partial charge is 0.368 e. The molecule has 140 valence electrons. The lowest BCUT2D eigenvalue weighted by molar-refractivity contribution is -0.128. The van der Waals surface area contributed by atoms with Crippen LogP contribution in [0, 0.1) is 16.0 Å². The molecule has 1 N–H and O–H groups in total. The van der Waals surface area contributed by atoms with Gasteiger partial charge in [0, 0.05) is 58.6 Å². The van der Waals surface area contributed by atoms with Crippen molar-refractivity contribution in [1.82, 2.24) is 9.88 Å². The van der Waals surface area contributed by atoms with E-state index >= 15 is 0 Å². The van der Waals surface area contributed by atoms with Gasteiger partial charge in [0.2, 0.25) is 5.91 Å². The Hall–Kier alpha value is -2.85. The molecule has 0 radical (unpaired) electrons. The van der Waals surface area contributed by atoms with Gasteiger partial charge in [-0.1, -0.05) is 24.4 Å². The van der Waals surface area contributed by atoms with Gasteiger partial charge in [0.15, 0.2) is 0 Å². The molecule has 2 heterocycles. The minimum Gasteiger partial charge on any atom is -0.368 e. The Labute approximate surface area is 164 Å². The molecule has 1 aromatic carbocycles. The van der Waals surface area contributed by atoms with Crippen molar-refractivity contribution >= 4 is 29.5 Å². The highest BCUT2D eigenvalue weighted by molar-refractivity contribution is 7.71. The molecule has 0 bridgehead atoms. The molecule has 0 unspecified atom stereocenters. The molecule has 0 atom stereocenters. The number of hydrogen-bond donors (Lipinski definition) is 1. The number of carbonyl (C=O) groups is 1. The Morgan fingerprint density at radius 1 is 1.26 bits per heavy atom. The maximum atomic E-state index is 11.5. The SMILES string of the molecule is CC(=O)N(C)Cc1cccc(N2CCN(c3cc[nH]c(=S)c3C#N)CC2)c1. The van der Waals surface area contributed by atoms with E-state index in [2.05, 4.69) is 33.0 Å². The average molecular weight is 382 g/mol. The van der Waals surface area contributed by atoms with Crippen LogP contribution >= 0.6 is 12.2 Å². The fraction of sp³-hybridized carbons (Fsp3) is 0.350. The first-order valence-electron chi connectivity index (χ1n) is 8.92. The summed E-state index contributed by atoms with van der Waals surface area (Å²) in [7, 11) is 1.81. The zero-order valence-corrected chi connectivity index (χ0v) is 16.4. The fourth-order valence-corrected chi connectivity index (χ4v) is 3.50. The number of hydrogen-bond acceptors (Lipinski definition) is 5. The van der Waals surface area contributed by atoms with Gasteiger partial charge in [-0.15, -0.1) is 0 Å². The molecular formula is C20H23N5OS. The number of nitrogens with one attached hydrogen (secondary N) is 1. The molecule has 2 aromatic rings. The molecule has 1 aliphatic rings. The molecule has 1 saturated heterocycles. The Bertz CT molecular complexity index is 924. The third-order valence-electron chi connectivity index (χ3n) is 4.90. The minimum absolute atomic E-state index is 0.0588. The summed E-state index contributed by atoms with van der Waals surface area (Å²) >= 11 is 5.23. The van der Waals surface area contributed by atoms with Crippen LogP contribution < -0.4 is 9.80 Å². The van der Waals surface area contributed by atoms with Crippen LogP contribution in [-0.2, 0) is 11.3 Å². The van der Waals surface area contributed by atoms with E-state index in [0.29, 0.717) is 16.7 Å². The van der Waals surface area contributed by atoms with Crippen LogP contribution in [0.25, 0.3) is 0 Å². The summed E-state index contributed by atoms with van der Waals surface area (Å²) in [5.41, 5.74) is 3.72. The molecule has 3 rings (SSSR count). The van der Waals surface area contributed by atoms with Crippen molar-refractivity contribution in [3.05, 3.63) is 52.3 Å². The van der Waals surface area contributed by atoms with Crippen LogP contribution in [0.4, 0.5) is 11.4 Å². The number of nitriles is 1. The van der Waals surface area contributed by atoms with Crippen molar-refractivity contribution in [2.24, 2.45) is 0 Å². The molecule has 7 heteroatoms. The average Bonchev–Trinajstić information content (AvgIpc) is 2.68. The van der Waals surface area contributed by atoms with E-state index in [0.717, 1.165) is 43.1 Å². The Kier molecular flexibility index (Phi) is 5.77. The zero-order chi connectivity index (χ0) is 19.4. The van der Waals surface area contributed by atoms with Gasteiger partial charge in [-0.25, -0.2) is 0 Å². The summed E-state index contributed by atoms with van der Waals surface area (Å²) in [5.74, 6) is 0.0588. The molecule has 0 saturated carbocycles. The molecule has 6 nitrogen and oxygen atoms in total. The van der Waals surface area contributed by atoms with Crippen LogP contribution in [0.1, 0.15) is 18.1 Å². The number of nitrogens with zero attached hydrogens (tertiary/aromatic N) is 4. The molecular weight excluding hydrogens is 358 g/mol. The van der Waals surface area contributed by atoms with Gasteiger partial charge in [-0.2, -0.15) is 5.26 Å². The van der Waals surface area contributed by atoms with Crippen LogP contribution in [0.3, 0.4) is 0 Å². The van der Waals surface area contributed by atoms with Crippen LogP contribution in [0.5, 0.6) is 0 Å².